The third-order valence-corrected chi connectivity index (χ3v) is 6.46. The Morgan fingerprint density at radius 1 is 0.914 bits per heavy atom. The normalized spacial score (nSPS) is 18.3. The summed E-state index contributed by atoms with van der Waals surface area (Å²) in [5.74, 6) is -1.19. The number of benzene rings is 2. The van der Waals surface area contributed by atoms with Crippen molar-refractivity contribution in [2.24, 2.45) is 5.92 Å². The molecule has 2 fully saturated rings. The summed E-state index contributed by atoms with van der Waals surface area (Å²) in [6, 6.07) is 9.12. The number of morpholine rings is 1. The van der Waals surface area contributed by atoms with Crippen molar-refractivity contribution in [1.29, 1.82) is 0 Å². The van der Waals surface area contributed by atoms with E-state index >= 15 is 0 Å². The number of alkyl halides is 3. The number of hydrogen-bond donors (Lipinski definition) is 1. The number of carbonyl (C=O) groups is 2. The predicted octanol–water partition coefficient (Wildman–Crippen LogP) is 4.21. The first-order valence-corrected chi connectivity index (χ1v) is 11.6. The molecule has 2 aliphatic rings. The predicted molar refractivity (Wildman–Crippen MR) is 120 cm³/mol. The fraction of sp³-hybridized carbons (Fsp3) is 0.440. The molecule has 0 saturated carbocycles. The van der Waals surface area contributed by atoms with Gasteiger partial charge >= 0.3 is 12.2 Å². The number of nitrogens with one attached hydrogen (secondary N) is 1. The molecule has 6 nitrogen and oxygen atoms in total. The quantitative estimate of drug-likeness (QED) is 0.649. The number of amides is 3. The average molecular weight is 494 g/mol. The minimum absolute atomic E-state index is 0.0692. The van der Waals surface area contributed by atoms with Crippen LogP contribution in [0.25, 0.3) is 0 Å². The number of urea groups is 1. The molecule has 1 unspecified atom stereocenters. The third-order valence-electron chi connectivity index (χ3n) is 6.46. The number of nitrogens with zero attached hydrogens (tertiary/aromatic N) is 2. The van der Waals surface area contributed by atoms with E-state index in [9.17, 15) is 27.2 Å². The summed E-state index contributed by atoms with van der Waals surface area (Å²) in [5, 5.41) is 2.87. The van der Waals surface area contributed by atoms with Crippen molar-refractivity contribution >= 4 is 11.9 Å². The number of halogens is 4. The van der Waals surface area contributed by atoms with E-state index in [0.717, 1.165) is 12.1 Å². The molecule has 1 atom stereocenters. The molecule has 2 saturated heterocycles. The van der Waals surface area contributed by atoms with E-state index in [1.807, 2.05) is 0 Å². The molecule has 3 amide bonds. The molecule has 0 aromatic heterocycles. The van der Waals surface area contributed by atoms with Crippen molar-refractivity contribution in [2.75, 3.05) is 39.4 Å². The molecule has 2 aromatic rings. The number of piperidine rings is 1. The fourth-order valence-electron chi connectivity index (χ4n) is 4.46. The maximum Gasteiger partial charge on any atom is 0.416 e. The van der Waals surface area contributed by atoms with Gasteiger partial charge in [-0.3, -0.25) is 4.79 Å². The van der Waals surface area contributed by atoms with E-state index in [-0.39, 0.29) is 17.5 Å². The Morgan fingerprint density at radius 2 is 1.54 bits per heavy atom. The van der Waals surface area contributed by atoms with Crippen LogP contribution < -0.4 is 5.32 Å². The van der Waals surface area contributed by atoms with Crippen LogP contribution in [-0.4, -0.2) is 61.1 Å². The SMILES string of the molecule is O=C(NC(c1ccc(F)cc1)c1cccc(C(F)(F)F)c1)C1CCN(C(=O)N2CCOCC2)CC1. The standard InChI is InChI=1S/C25H27F4N3O3/c26-21-6-4-17(5-7-21)22(19-2-1-3-20(16-19)25(27,28)29)30-23(33)18-8-10-31(11-9-18)24(34)32-12-14-35-15-13-32/h1-7,16,18,22H,8-15H2,(H,30,33). The molecule has 0 spiro atoms. The second kappa shape index (κ2) is 10.6. The summed E-state index contributed by atoms with van der Waals surface area (Å²) < 4.78 is 58.7. The first-order chi connectivity index (χ1) is 16.7. The van der Waals surface area contributed by atoms with Crippen molar-refractivity contribution in [3.63, 3.8) is 0 Å². The lowest BCUT2D eigenvalue weighted by Gasteiger charge is -2.37. The van der Waals surface area contributed by atoms with Gasteiger partial charge in [0.1, 0.15) is 5.82 Å². The molecule has 0 bridgehead atoms. The van der Waals surface area contributed by atoms with Crippen LogP contribution in [0.2, 0.25) is 0 Å². The minimum atomic E-state index is -4.53. The molecule has 1 N–H and O–H groups in total. The third kappa shape index (κ3) is 6.11. The Morgan fingerprint density at radius 3 is 2.17 bits per heavy atom. The highest BCUT2D eigenvalue weighted by molar-refractivity contribution is 5.80. The highest BCUT2D eigenvalue weighted by Crippen LogP contribution is 2.32. The van der Waals surface area contributed by atoms with E-state index in [1.165, 1.54) is 36.4 Å². The minimum Gasteiger partial charge on any atom is -0.378 e. The number of rotatable bonds is 4. The average Bonchev–Trinajstić information content (AvgIpc) is 2.87. The first-order valence-electron chi connectivity index (χ1n) is 11.6. The number of ether oxygens (including phenoxy) is 1. The zero-order valence-corrected chi connectivity index (χ0v) is 19.1. The summed E-state index contributed by atoms with van der Waals surface area (Å²) >= 11 is 0. The van der Waals surface area contributed by atoms with Gasteiger partial charge in [0.05, 0.1) is 24.8 Å². The summed E-state index contributed by atoms with van der Waals surface area (Å²) in [7, 11) is 0. The molecular weight excluding hydrogens is 466 g/mol. The molecule has 188 valence electrons. The van der Waals surface area contributed by atoms with Gasteiger partial charge < -0.3 is 19.9 Å². The zero-order chi connectivity index (χ0) is 25.0. The van der Waals surface area contributed by atoms with Gasteiger partial charge in [0, 0.05) is 32.1 Å². The highest BCUT2D eigenvalue weighted by Gasteiger charge is 2.33. The van der Waals surface area contributed by atoms with E-state index in [0.29, 0.717) is 57.8 Å². The molecule has 0 radical (unpaired) electrons. The van der Waals surface area contributed by atoms with Gasteiger partial charge in [0.25, 0.3) is 0 Å². The Balaban J connectivity index is 1.46. The molecular formula is C25H27F4N3O3. The number of likely N-dealkylation sites (tertiary alicyclic amines) is 1. The van der Waals surface area contributed by atoms with Gasteiger partial charge in [-0.05, 0) is 48.2 Å². The molecule has 2 aromatic carbocycles. The molecule has 2 heterocycles. The highest BCUT2D eigenvalue weighted by atomic mass is 19.4. The van der Waals surface area contributed by atoms with Gasteiger partial charge in [-0.2, -0.15) is 13.2 Å². The van der Waals surface area contributed by atoms with Gasteiger partial charge in [-0.15, -0.1) is 0 Å². The second-order valence-electron chi connectivity index (χ2n) is 8.76. The van der Waals surface area contributed by atoms with Crippen LogP contribution in [0.1, 0.15) is 35.6 Å². The van der Waals surface area contributed by atoms with Crippen molar-refractivity contribution in [1.82, 2.24) is 15.1 Å². The van der Waals surface area contributed by atoms with Crippen LogP contribution in [0.15, 0.2) is 48.5 Å². The second-order valence-corrected chi connectivity index (χ2v) is 8.76. The Hall–Kier alpha value is -3.14. The molecule has 35 heavy (non-hydrogen) atoms. The topological polar surface area (TPSA) is 61.9 Å². The summed E-state index contributed by atoms with van der Waals surface area (Å²) in [5.41, 5.74) is -0.106. The van der Waals surface area contributed by atoms with Crippen LogP contribution in [0.4, 0.5) is 22.4 Å². The molecule has 10 heteroatoms. The van der Waals surface area contributed by atoms with Crippen LogP contribution in [0.3, 0.4) is 0 Å². The summed E-state index contributed by atoms with van der Waals surface area (Å²) in [6.07, 6.45) is -3.64. The maximum atomic E-state index is 13.5. The van der Waals surface area contributed by atoms with Crippen molar-refractivity contribution < 1.29 is 31.9 Å². The Labute approximate surface area is 200 Å². The monoisotopic (exact) mass is 493 g/mol. The molecule has 2 aliphatic heterocycles. The van der Waals surface area contributed by atoms with Crippen molar-refractivity contribution in [3.05, 3.63) is 71.0 Å². The van der Waals surface area contributed by atoms with Crippen LogP contribution >= 0.6 is 0 Å². The van der Waals surface area contributed by atoms with Crippen molar-refractivity contribution in [2.45, 2.75) is 25.1 Å². The lowest BCUT2D eigenvalue weighted by Crippen LogP contribution is -2.51. The van der Waals surface area contributed by atoms with E-state index in [2.05, 4.69) is 5.32 Å². The van der Waals surface area contributed by atoms with Gasteiger partial charge in [0.2, 0.25) is 5.91 Å². The largest absolute Gasteiger partial charge is 0.416 e. The maximum absolute atomic E-state index is 13.5. The number of carbonyl (C=O) groups excluding carboxylic acids is 2. The number of hydrogen-bond acceptors (Lipinski definition) is 3. The molecule has 4 rings (SSSR count). The van der Waals surface area contributed by atoms with E-state index < -0.39 is 29.5 Å². The van der Waals surface area contributed by atoms with Gasteiger partial charge in [-0.1, -0.05) is 24.3 Å². The van der Waals surface area contributed by atoms with E-state index in [4.69, 9.17) is 4.74 Å². The Kier molecular flexibility index (Phi) is 7.59. The fourth-order valence-corrected chi connectivity index (χ4v) is 4.46. The van der Waals surface area contributed by atoms with Gasteiger partial charge in [-0.25, -0.2) is 9.18 Å². The van der Waals surface area contributed by atoms with Crippen LogP contribution in [-0.2, 0) is 15.7 Å². The van der Waals surface area contributed by atoms with Gasteiger partial charge in [0.15, 0.2) is 0 Å². The smallest absolute Gasteiger partial charge is 0.378 e. The lowest BCUT2D eigenvalue weighted by molar-refractivity contribution is -0.137. The lowest BCUT2D eigenvalue weighted by atomic mass is 9.93. The first kappa shape index (κ1) is 25.0. The summed E-state index contributed by atoms with van der Waals surface area (Å²) in [6.45, 7) is 2.92. The molecule has 0 aliphatic carbocycles. The van der Waals surface area contributed by atoms with Crippen LogP contribution in [0.5, 0.6) is 0 Å². The van der Waals surface area contributed by atoms with E-state index in [1.54, 1.807) is 9.80 Å². The summed E-state index contributed by atoms with van der Waals surface area (Å²) in [4.78, 5) is 29.3. The zero-order valence-electron chi connectivity index (χ0n) is 19.1. The van der Waals surface area contributed by atoms with Crippen LogP contribution in [0, 0.1) is 11.7 Å². The van der Waals surface area contributed by atoms with Crippen molar-refractivity contribution in [3.8, 4) is 0 Å². The Bertz CT molecular complexity index is 1030.